The van der Waals surface area contributed by atoms with Gasteiger partial charge >= 0.3 is 16.4 Å². The van der Waals surface area contributed by atoms with Crippen LogP contribution in [0.2, 0.25) is 0 Å². The second-order valence-corrected chi connectivity index (χ2v) is 6.36. The monoisotopic (exact) mass is 358 g/mol. The van der Waals surface area contributed by atoms with Crippen LogP contribution in [-0.2, 0) is 10.4 Å². The summed E-state index contributed by atoms with van der Waals surface area (Å²) in [5.74, 6) is -0.931. The van der Waals surface area contributed by atoms with Gasteiger partial charge in [0.05, 0.1) is 17.5 Å². The summed E-state index contributed by atoms with van der Waals surface area (Å²) in [5.41, 5.74) is 3.87. The highest BCUT2D eigenvalue weighted by atomic mass is 32.3. The summed E-state index contributed by atoms with van der Waals surface area (Å²) in [6.45, 7) is 2.04. The molecule has 0 aliphatic carbocycles. The smallest absolute Gasteiger partial charge is 0.394 e. The topological polar surface area (TPSA) is 136 Å². The van der Waals surface area contributed by atoms with Crippen LogP contribution in [0.25, 0.3) is 0 Å². The SMILES string of the molecule is Cc1ccc(/C=N/Nc2ccc(C(=O)O)cc2)s1.O=S(=O)(O)O. The highest BCUT2D eigenvalue weighted by Gasteiger charge is 2.00. The van der Waals surface area contributed by atoms with E-state index in [1.54, 1.807) is 29.7 Å². The Labute approximate surface area is 136 Å². The quantitative estimate of drug-likeness (QED) is 0.374. The van der Waals surface area contributed by atoms with Crippen molar-refractivity contribution in [2.24, 2.45) is 5.10 Å². The van der Waals surface area contributed by atoms with E-state index in [9.17, 15) is 4.79 Å². The number of rotatable bonds is 4. The summed E-state index contributed by atoms with van der Waals surface area (Å²) in [7, 11) is -4.67. The maximum absolute atomic E-state index is 10.7. The summed E-state index contributed by atoms with van der Waals surface area (Å²) in [6, 6.07) is 10.5. The average molecular weight is 358 g/mol. The molecule has 0 saturated heterocycles. The number of hydrogen-bond donors (Lipinski definition) is 4. The van der Waals surface area contributed by atoms with Crippen LogP contribution >= 0.6 is 11.3 Å². The summed E-state index contributed by atoms with van der Waals surface area (Å²) in [4.78, 5) is 13.0. The molecule has 23 heavy (non-hydrogen) atoms. The minimum Gasteiger partial charge on any atom is -0.478 e. The van der Waals surface area contributed by atoms with Gasteiger partial charge in [0, 0.05) is 9.75 Å². The zero-order valence-corrected chi connectivity index (χ0v) is 13.5. The number of nitrogens with zero attached hydrogens (tertiary/aromatic N) is 1. The van der Waals surface area contributed by atoms with E-state index in [1.807, 2.05) is 19.1 Å². The van der Waals surface area contributed by atoms with E-state index in [2.05, 4.69) is 10.5 Å². The van der Waals surface area contributed by atoms with Crippen LogP contribution in [0.1, 0.15) is 20.1 Å². The number of aromatic carboxylic acids is 1. The molecule has 0 fully saturated rings. The summed E-state index contributed by atoms with van der Waals surface area (Å²) in [5, 5.41) is 12.8. The number of carbonyl (C=O) groups is 1. The fraction of sp³-hybridized carbons (Fsp3) is 0.0769. The van der Waals surface area contributed by atoms with Crippen molar-refractivity contribution in [3.8, 4) is 0 Å². The van der Waals surface area contributed by atoms with Gasteiger partial charge in [-0.3, -0.25) is 14.5 Å². The molecule has 4 N–H and O–H groups in total. The number of anilines is 1. The lowest BCUT2D eigenvalue weighted by Crippen LogP contribution is -1.96. The number of nitrogens with one attached hydrogen (secondary N) is 1. The predicted octanol–water partition coefficient (Wildman–Crippen LogP) is 2.55. The molecule has 1 aromatic heterocycles. The minimum atomic E-state index is -4.67. The number of carboxylic acids is 1. The van der Waals surface area contributed by atoms with E-state index >= 15 is 0 Å². The second-order valence-electron chi connectivity index (χ2n) is 4.15. The van der Waals surface area contributed by atoms with Gasteiger partial charge in [-0.05, 0) is 43.3 Å². The molecule has 0 atom stereocenters. The van der Waals surface area contributed by atoms with Crippen molar-refractivity contribution < 1.29 is 27.4 Å². The van der Waals surface area contributed by atoms with Gasteiger partial charge in [0.2, 0.25) is 0 Å². The van der Waals surface area contributed by atoms with E-state index < -0.39 is 16.4 Å². The number of carboxylic acid groups (broad SMARTS) is 1. The summed E-state index contributed by atoms with van der Waals surface area (Å²) >= 11 is 1.66. The Morgan fingerprint density at radius 3 is 2.17 bits per heavy atom. The van der Waals surface area contributed by atoms with Gasteiger partial charge in [0.25, 0.3) is 0 Å². The van der Waals surface area contributed by atoms with Gasteiger partial charge in [-0.2, -0.15) is 13.5 Å². The van der Waals surface area contributed by atoms with Crippen LogP contribution in [0, 0.1) is 6.92 Å². The number of hydrazone groups is 1. The molecule has 0 radical (unpaired) electrons. The van der Waals surface area contributed by atoms with Gasteiger partial charge in [0.15, 0.2) is 0 Å². The first-order valence-electron chi connectivity index (χ1n) is 6.04. The Kier molecular flexibility index (Phi) is 6.85. The third-order valence-electron chi connectivity index (χ3n) is 2.28. The zero-order chi connectivity index (χ0) is 17.5. The normalized spacial score (nSPS) is 10.9. The van der Waals surface area contributed by atoms with Crippen LogP contribution in [0.4, 0.5) is 5.69 Å². The van der Waals surface area contributed by atoms with Gasteiger partial charge < -0.3 is 5.11 Å². The standard InChI is InChI=1S/C13H12N2O2S.H2O4S/c1-9-2-7-12(18-9)8-14-15-11-5-3-10(4-6-11)13(16)17;1-5(2,3)4/h2-8,15H,1H3,(H,16,17);(H2,1,2,3,4)/b14-8+;. The Bertz CT molecular complexity index is 773. The van der Waals surface area contributed by atoms with E-state index in [0.717, 1.165) is 10.6 Å². The molecule has 0 aliphatic rings. The average Bonchev–Trinajstić information content (AvgIpc) is 2.83. The zero-order valence-electron chi connectivity index (χ0n) is 11.9. The maximum Gasteiger partial charge on any atom is 0.394 e. The Morgan fingerprint density at radius 1 is 1.17 bits per heavy atom. The fourth-order valence-corrected chi connectivity index (χ4v) is 2.13. The lowest BCUT2D eigenvalue weighted by atomic mass is 10.2. The van der Waals surface area contributed by atoms with Crippen LogP contribution in [0.5, 0.6) is 0 Å². The van der Waals surface area contributed by atoms with Crippen molar-refractivity contribution >= 4 is 39.6 Å². The molecule has 8 nitrogen and oxygen atoms in total. The largest absolute Gasteiger partial charge is 0.478 e. The van der Waals surface area contributed by atoms with Gasteiger partial charge in [0.1, 0.15) is 0 Å². The molecule has 0 aliphatic heterocycles. The van der Waals surface area contributed by atoms with Crippen LogP contribution in [-0.4, -0.2) is 34.8 Å². The molecule has 2 aromatic rings. The Balaban J connectivity index is 0.000000463. The van der Waals surface area contributed by atoms with Gasteiger partial charge in [-0.25, -0.2) is 4.79 Å². The number of hydrogen-bond acceptors (Lipinski definition) is 6. The molecule has 0 saturated carbocycles. The van der Waals surface area contributed by atoms with Crippen molar-refractivity contribution in [3.05, 3.63) is 51.7 Å². The minimum absolute atomic E-state index is 0.262. The lowest BCUT2D eigenvalue weighted by molar-refractivity contribution is 0.0697. The Morgan fingerprint density at radius 2 is 1.74 bits per heavy atom. The number of aryl methyl sites for hydroxylation is 1. The van der Waals surface area contributed by atoms with Crippen molar-refractivity contribution in [1.29, 1.82) is 0 Å². The molecule has 10 heteroatoms. The Hall–Kier alpha value is -2.27. The van der Waals surface area contributed by atoms with E-state index in [-0.39, 0.29) is 5.56 Å². The van der Waals surface area contributed by atoms with Crippen molar-refractivity contribution in [2.45, 2.75) is 6.92 Å². The molecule has 1 aromatic carbocycles. The summed E-state index contributed by atoms with van der Waals surface area (Å²) in [6.07, 6.45) is 1.74. The van der Waals surface area contributed by atoms with Gasteiger partial charge in [-0.15, -0.1) is 11.3 Å². The highest BCUT2D eigenvalue weighted by molar-refractivity contribution is 7.79. The predicted molar refractivity (Wildman–Crippen MR) is 87.9 cm³/mol. The van der Waals surface area contributed by atoms with Crippen molar-refractivity contribution in [1.82, 2.24) is 0 Å². The van der Waals surface area contributed by atoms with Crippen LogP contribution in [0.3, 0.4) is 0 Å². The molecular weight excluding hydrogens is 344 g/mol. The highest BCUT2D eigenvalue weighted by Crippen LogP contribution is 2.13. The summed E-state index contributed by atoms with van der Waals surface area (Å²) < 4.78 is 31.6. The van der Waals surface area contributed by atoms with E-state index in [0.29, 0.717) is 0 Å². The number of thiophene rings is 1. The fourth-order valence-electron chi connectivity index (χ4n) is 1.38. The number of benzene rings is 1. The van der Waals surface area contributed by atoms with E-state index in [1.165, 1.54) is 17.0 Å². The lowest BCUT2D eigenvalue weighted by Gasteiger charge is -1.99. The second kappa shape index (κ2) is 8.39. The van der Waals surface area contributed by atoms with Gasteiger partial charge in [-0.1, -0.05) is 0 Å². The molecule has 1 heterocycles. The third-order valence-corrected chi connectivity index (χ3v) is 3.21. The van der Waals surface area contributed by atoms with Crippen LogP contribution in [0.15, 0.2) is 41.5 Å². The molecule has 0 spiro atoms. The first kappa shape index (κ1) is 18.8. The van der Waals surface area contributed by atoms with E-state index in [4.69, 9.17) is 22.6 Å². The first-order valence-corrected chi connectivity index (χ1v) is 8.25. The molecule has 0 amide bonds. The first-order chi connectivity index (χ1) is 10.6. The van der Waals surface area contributed by atoms with Crippen LogP contribution < -0.4 is 5.43 Å². The third kappa shape index (κ3) is 8.68. The molecular formula is C13H14N2O6S2. The van der Waals surface area contributed by atoms with Crippen molar-refractivity contribution in [2.75, 3.05) is 5.43 Å². The maximum atomic E-state index is 10.7. The molecule has 124 valence electrons. The molecule has 2 rings (SSSR count). The molecule has 0 bridgehead atoms. The molecule has 0 unspecified atom stereocenters. The van der Waals surface area contributed by atoms with Crippen molar-refractivity contribution in [3.63, 3.8) is 0 Å².